The second-order valence-electron chi connectivity index (χ2n) is 24.1. The van der Waals surface area contributed by atoms with Gasteiger partial charge in [-0.05, 0) is 125 Å². The van der Waals surface area contributed by atoms with Gasteiger partial charge in [-0.3, -0.25) is 9.97 Å². The molecule has 0 fully saturated rings. The molecule has 0 atom stereocenters. The molecule has 5 aromatic heterocycles. The minimum absolute atomic E-state index is 0.171. The Labute approximate surface area is 586 Å². The summed E-state index contributed by atoms with van der Waals surface area (Å²) in [6, 6.07) is 113. The van der Waals surface area contributed by atoms with Crippen molar-refractivity contribution in [3.8, 4) is 56.3 Å². The number of benzene rings is 12. The van der Waals surface area contributed by atoms with E-state index in [0.29, 0.717) is 0 Å². The number of hydrogen-bond donors (Lipinski definition) is 0. The van der Waals surface area contributed by atoms with Gasteiger partial charge in [-0.1, -0.05) is 302 Å². The van der Waals surface area contributed by atoms with Gasteiger partial charge >= 0.3 is 0 Å². The van der Waals surface area contributed by atoms with Crippen LogP contribution in [-0.4, -0.2) is 34.9 Å². The van der Waals surface area contributed by atoms with Crippen LogP contribution in [0.1, 0.15) is 39.5 Å². The number of nitrogens with zero attached hydrogens (tertiary/aromatic N) is 7. The summed E-state index contributed by atoms with van der Waals surface area (Å²) in [5.41, 5.74) is 21.3. The maximum absolute atomic E-state index is 12.1. The predicted octanol–water partition coefficient (Wildman–Crippen LogP) is 24.0. The van der Waals surface area contributed by atoms with Gasteiger partial charge in [0, 0.05) is 66.8 Å². The Kier molecular flexibility index (Phi) is 23.7. The minimum atomic E-state index is -0.171. The van der Waals surface area contributed by atoms with Crippen LogP contribution in [0.25, 0.3) is 111 Å². The van der Waals surface area contributed by atoms with Gasteiger partial charge in [0.25, 0.3) is 0 Å². The van der Waals surface area contributed by atoms with Gasteiger partial charge in [-0.15, -0.1) is 0 Å². The lowest BCUT2D eigenvalue weighted by Crippen LogP contribution is -1.93. The van der Waals surface area contributed by atoms with Crippen molar-refractivity contribution >= 4 is 54.4 Å². The van der Waals surface area contributed by atoms with Crippen molar-refractivity contribution in [1.29, 1.82) is 0 Å². The van der Waals surface area contributed by atoms with E-state index in [9.17, 15) is 4.39 Å². The number of aryl methyl sites for hydroxylation is 7. The van der Waals surface area contributed by atoms with E-state index in [1.165, 1.54) is 72.6 Å². The molecule has 0 saturated heterocycles. The largest absolute Gasteiger partial charge is 0.255 e. The second kappa shape index (κ2) is 34.4. The van der Waals surface area contributed by atoms with Crippen molar-refractivity contribution < 1.29 is 4.39 Å². The van der Waals surface area contributed by atoms with Crippen LogP contribution in [0, 0.1) is 54.3 Å². The maximum Gasteiger partial charge on any atom is 0.160 e. The third-order valence-electron chi connectivity index (χ3n) is 16.6. The first kappa shape index (κ1) is 68.9. The van der Waals surface area contributed by atoms with E-state index in [0.717, 1.165) is 89.6 Å². The number of para-hydroxylation sites is 4. The molecule has 0 aliphatic carbocycles. The van der Waals surface area contributed by atoms with E-state index in [1.807, 2.05) is 198 Å². The molecule has 8 heteroatoms. The van der Waals surface area contributed by atoms with E-state index in [-0.39, 0.29) is 5.82 Å². The van der Waals surface area contributed by atoms with Crippen LogP contribution < -0.4 is 0 Å². The molecule has 0 amide bonds. The van der Waals surface area contributed by atoms with Crippen molar-refractivity contribution in [2.75, 3.05) is 0 Å². The zero-order chi connectivity index (χ0) is 69.4. The fraction of sp³-hybridized carbons (Fsp3) is 0.0761. The van der Waals surface area contributed by atoms with Gasteiger partial charge in [0.1, 0.15) is 11.6 Å². The first-order valence-corrected chi connectivity index (χ1v) is 33.5. The van der Waals surface area contributed by atoms with Gasteiger partial charge in [-0.2, -0.15) is 0 Å². The van der Waals surface area contributed by atoms with Gasteiger partial charge < -0.3 is 0 Å². The molecule has 5 heterocycles. The third-order valence-corrected chi connectivity index (χ3v) is 16.6. The second-order valence-corrected chi connectivity index (χ2v) is 24.1. The summed E-state index contributed by atoms with van der Waals surface area (Å²) in [4.78, 5) is 32.0. The van der Waals surface area contributed by atoms with Crippen LogP contribution in [0.3, 0.4) is 0 Å². The lowest BCUT2D eigenvalue weighted by atomic mass is 10.0. The number of aromatic nitrogens is 7. The molecule has 0 saturated carbocycles. The minimum Gasteiger partial charge on any atom is -0.255 e. The normalized spacial score (nSPS) is 10.4. The van der Waals surface area contributed by atoms with Crippen molar-refractivity contribution in [3.05, 3.63) is 391 Å². The van der Waals surface area contributed by atoms with Gasteiger partial charge in [0.05, 0.1) is 39.1 Å². The van der Waals surface area contributed by atoms with Crippen molar-refractivity contribution in [2.45, 2.75) is 48.5 Å². The Hall–Kier alpha value is -12.5. The van der Waals surface area contributed by atoms with E-state index < -0.39 is 0 Å². The Morgan fingerprint density at radius 2 is 0.700 bits per heavy atom. The molecule has 17 rings (SSSR count). The summed E-state index contributed by atoms with van der Waals surface area (Å²) in [6.45, 7) is 14.3. The summed E-state index contributed by atoms with van der Waals surface area (Å²) in [7, 11) is 0. The molecule has 0 N–H and O–H groups in total. The third kappa shape index (κ3) is 18.5. The molecule has 0 aliphatic rings. The molecule has 17 aromatic rings. The topological polar surface area (TPSA) is 90.2 Å². The number of hydrogen-bond acceptors (Lipinski definition) is 7. The van der Waals surface area contributed by atoms with Crippen LogP contribution in [0.2, 0.25) is 0 Å². The zero-order valence-corrected chi connectivity index (χ0v) is 57.4. The first-order valence-electron chi connectivity index (χ1n) is 33.5. The number of pyridine rings is 3. The van der Waals surface area contributed by atoms with Gasteiger partial charge in [0.15, 0.2) is 5.82 Å². The predicted molar refractivity (Wildman–Crippen MR) is 417 cm³/mol. The summed E-state index contributed by atoms with van der Waals surface area (Å²) < 4.78 is 12.1. The number of halogens is 1. The average molecular weight is 1300 g/mol. The Morgan fingerprint density at radius 3 is 1.25 bits per heavy atom. The molecule has 0 aliphatic heterocycles. The highest BCUT2D eigenvalue weighted by atomic mass is 19.1. The monoisotopic (exact) mass is 1300 g/mol. The first-order chi connectivity index (χ1) is 48.9. The molecular weight excluding hydrogens is 1220 g/mol. The molecule has 100 heavy (non-hydrogen) atoms. The molecular formula is C92H78FN7. The Bertz CT molecular complexity index is 5160. The number of fused-ring (bicyclic) bond motifs is 5. The molecule has 0 bridgehead atoms. The molecule has 0 unspecified atom stereocenters. The van der Waals surface area contributed by atoms with Crippen molar-refractivity contribution in [3.63, 3.8) is 0 Å². The standard InChI is InChI=1S/3C16H13N.2C15H12N2.C7H7F.C7H8/c1-12-15-10-6-5-9-14(15)11-17-16(12)13-7-3-2-4-8-13;1-12-11-15(13-7-3-2-4-8-13)14-9-5-6-10-16(14)17-12;1-12-11-16(13-7-3-2-4-8-13)17-15-10-6-5-9-14(12)15;1-11-16-14-10-6-5-9-13(14)15(17-11)12-7-3-2-4-8-12;1-11-13-9-5-6-10-14(13)17-15(16-11)12-7-3-2-4-8-12;1-6-2-4-7(8)5-3-6;1-7-5-3-2-4-6-7/h3*2-11H,1H3;2*2-10H,1H3;2-5H,1H3;2-6H,1H3. The molecule has 0 radical (unpaired) electrons. The average Bonchev–Trinajstić information content (AvgIpc) is 0.841. The van der Waals surface area contributed by atoms with Crippen LogP contribution >= 0.6 is 0 Å². The van der Waals surface area contributed by atoms with E-state index in [2.05, 4.69) is 202 Å². The molecule has 12 aromatic carbocycles. The summed E-state index contributed by atoms with van der Waals surface area (Å²) in [5.74, 6) is 1.43. The summed E-state index contributed by atoms with van der Waals surface area (Å²) >= 11 is 0. The molecule has 7 nitrogen and oxygen atoms in total. The fourth-order valence-corrected chi connectivity index (χ4v) is 11.5. The smallest absolute Gasteiger partial charge is 0.160 e. The Morgan fingerprint density at radius 1 is 0.280 bits per heavy atom. The fourth-order valence-electron chi connectivity index (χ4n) is 11.5. The zero-order valence-electron chi connectivity index (χ0n) is 57.4. The lowest BCUT2D eigenvalue weighted by molar-refractivity contribution is 0.627. The SMILES string of the molecule is Cc1c(-c2ccccc2)ncc2ccccc12.Cc1cc(-c2ccccc2)c2ccccc2n1.Cc1cc(-c2ccccc2)nc2ccccc12.Cc1ccc(F)cc1.Cc1ccccc1.Cc1nc(-c2ccccc2)c2ccccc2n1.Cc1nc(-c2ccccc2)nc2ccccc12. The van der Waals surface area contributed by atoms with Crippen LogP contribution in [-0.2, 0) is 0 Å². The van der Waals surface area contributed by atoms with E-state index in [4.69, 9.17) is 4.98 Å². The van der Waals surface area contributed by atoms with Crippen LogP contribution in [0.4, 0.5) is 4.39 Å². The van der Waals surface area contributed by atoms with Crippen LogP contribution in [0.5, 0.6) is 0 Å². The van der Waals surface area contributed by atoms with Crippen LogP contribution in [0.15, 0.2) is 346 Å². The van der Waals surface area contributed by atoms with Crippen molar-refractivity contribution in [2.24, 2.45) is 0 Å². The summed E-state index contributed by atoms with van der Waals surface area (Å²) in [5, 5.41) is 7.14. The van der Waals surface area contributed by atoms with Crippen molar-refractivity contribution in [1.82, 2.24) is 34.9 Å². The van der Waals surface area contributed by atoms with Gasteiger partial charge in [0.2, 0.25) is 0 Å². The molecule has 0 spiro atoms. The highest BCUT2D eigenvalue weighted by molar-refractivity contribution is 5.95. The van der Waals surface area contributed by atoms with E-state index in [1.54, 1.807) is 12.1 Å². The quantitative estimate of drug-likeness (QED) is 0.170. The maximum atomic E-state index is 12.1. The highest BCUT2D eigenvalue weighted by Gasteiger charge is 2.11. The summed E-state index contributed by atoms with van der Waals surface area (Å²) in [6.07, 6.45) is 1.95. The van der Waals surface area contributed by atoms with Gasteiger partial charge in [-0.25, -0.2) is 29.3 Å². The Balaban J connectivity index is 0.000000120. The lowest BCUT2D eigenvalue weighted by Gasteiger charge is -2.08. The number of rotatable bonds is 5. The van der Waals surface area contributed by atoms with E-state index >= 15 is 0 Å². The highest BCUT2D eigenvalue weighted by Crippen LogP contribution is 2.31. The molecule has 488 valence electrons.